The molecule has 0 spiro atoms. The summed E-state index contributed by atoms with van der Waals surface area (Å²) in [7, 11) is 0. The first-order valence-corrected chi connectivity index (χ1v) is 6.58. The molecule has 100 valence electrons. The summed E-state index contributed by atoms with van der Waals surface area (Å²) >= 11 is 0. The second kappa shape index (κ2) is 9.02. The zero-order valence-corrected chi connectivity index (χ0v) is 11.5. The predicted molar refractivity (Wildman–Crippen MR) is 69.6 cm³/mol. The summed E-state index contributed by atoms with van der Waals surface area (Å²) in [5, 5.41) is 5.77. The second-order valence-corrected chi connectivity index (χ2v) is 4.61. The summed E-state index contributed by atoms with van der Waals surface area (Å²) in [5.74, 6) is 0.0754. The van der Waals surface area contributed by atoms with Gasteiger partial charge >= 0.3 is 0 Å². The number of hydrogen-bond acceptors (Lipinski definition) is 2. The third-order valence-electron chi connectivity index (χ3n) is 2.85. The molecular formula is C13H26N2O2. The number of nitrogens with one attached hydrogen (secondary N) is 2. The summed E-state index contributed by atoms with van der Waals surface area (Å²) in [5.41, 5.74) is 0. The molecule has 0 aromatic rings. The highest BCUT2D eigenvalue weighted by Gasteiger charge is 2.08. The standard InChI is InChI=1S/C13H26N2O2/c1-5-10(3)14-12(16)8-7-9-13(17)15-11(4)6-2/h10-11H,5-9H2,1-4H3,(H,14,16)(H,15,17). The van der Waals surface area contributed by atoms with Crippen molar-refractivity contribution in [3.63, 3.8) is 0 Å². The van der Waals surface area contributed by atoms with Crippen LogP contribution in [0.25, 0.3) is 0 Å². The molecule has 4 nitrogen and oxygen atoms in total. The van der Waals surface area contributed by atoms with E-state index in [0.717, 1.165) is 12.8 Å². The molecule has 0 aromatic carbocycles. The molecule has 2 N–H and O–H groups in total. The Morgan fingerprint density at radius 1 is 0.882 bits per heavy atom. The monoisotopic (exact) mass is 242 g/mol. The molecule has 0 saturated heterocycles. The Labute approximate surface area is 105 Å². The highest BCUT2D eigenvalue weighted by molar-refractivity contribution is 5.79. The number of hydrogen-bond donors (Lipinski definition) is 2. The number of carbonyl (C=O) groups is 2. The Morgan fingerprint density at radius 2 is 1.24 bits per heavy atom. The van der Waals surface area contributed by atoms with Crippen molar-refractivity contribution in [3.05, 3.63) is 0 Å². The van der Waals surface area contributed by atoms with E-state index < -0.39 is 0 Å². The van der Waals surface area contributed by atoms with Crippen LogP contribution in [0, 0.1) is 0 Å². The molecule has 0 saturated carbocycles. The van der Waals surface area contributed by atoms with Crippen LogP contribution in [-0.2, 0) is 9.59 Å². The molecular weight excluding hydrogens is 216 g/mol. The van der Waals surface area contributed by atoms with Crippen LogP contribution in [0.5, 0.6) is 0 Å². The maximum Gasteiger partial charge on any atom is 0.220 e. The Balaban J connectivity index is 3.62. The predicted octanol–water partition coefficient (Wildman–Crippen LogP) is 1.99. The summed E-state index contributed by atoms with van der Waals surface area (Å²) in [6.07, 6.45) is 3.33. The van der Waals surface area contributed by atoms with Crippen molar-refractivity contribution in [2.24, 2.45) is 0 Å². The Hall–Kier alpha value is -1.06. The zero-order chi connectivity index (χ0) is 13.3. The highest BCUT2D eigenvalue weighted by atomic mass is 16.2. The Morgan fingerprint density at radius 3 is 1.53 bits per heavy atom. The van der Waals surface area contributed by atoms with Gasteiger partial charge in [0, 0.05) is 24.9 Å². The Bertz CT molecular complexity index is 218. The number of carbonyl (C=O) groups excluding carboxylic acids is 2. The maximum absolute atomic E-state index is 11.4. The van der Waals surface area contributed by atoms with Crippen LogP contribution in [0.4, 0.5) is 0 Å². The molecule has 0 aliphatic heterocycles. The van der Waals surface area contributed by atoms with E-state index in [1.54, 1.807) is 0 Å². The minimum Gasteiger partial charge on any atom is -0.354 e. The van der Waals surface area contributed by atoms with Gasteiger partial charge in [0.15, 0.2) is 0 Å². The fraction of sp³-hybridized carbons (Fsp3) is 0.846. The number of amides is 2. The van der Waals surface area contributed by atoms with Crippen LogP contribution < -0.4 is 10.6 Å². The molecule has 0 heterocycles. The first kappa shape index (κ1) is 15.9. The van der Waals surface area contributed by atoms with E-state index in [1.165, 1.54) is 0 Å². The lowest BCUT2D eigenvalue weighted by Crippen LogP contribution is -2.33. The lowest BCUT2D eigenvalue weighted by molar-refractivity contribution is -0.123. The molecule has 0 aromatic heterocycles. The molecule has 0 rings (SSSR count). The summed E-state index contributed by atoms with van der Waals surface area (Å²) in [6.45, 7) is 8.02. The molecule has 4 heteroatoms. The van der Waals surface area contributed by atoms with Crippen molar-refractivity contribution in [1.82, 2.24) is 10.6 Å². The topological polar surface area (TPSA) is 58.2 Å². The van der Waals surface area contributed by atoms with Gasteiger partial charge in [-0.2, -0.15) is 0 Å². The van der Waals surface area contributed by atoms with Crippen molar-refractivity contribution in [2.45, 2.75) is 71.9 Å². The van der Waals surface area contributed by atoms with Gasteiger partial charge in [-0.1, -0.05) is 13.8 Å². The van der Waals surface area contributed by atoms with Gasteiger partial charge in [0.25, 0.3) is 0 Å². The SMILES string of the molecule is CCC(C)NC(=O)CCCC(=O)NC(C)CC. The van der Waals surface area contributed by atoms with Crippen LogP contribution in [0.3, 0.4) is 0 Å². The summed E-state index contributed by atoms with van der Waals surface area (Å²) in [6, 6.07) is 0.438. The van der Waals surface area contributed by atoms with E-state index in [0.29, 0.717) is 19.3 Å². The largest absolute Gasteiger partial charge is 0.354 e. The molecule has 0 aliphatic rings. The van der Waals surface area contributed by atoms with Crippen molar-refractivity contribution >= 4 is 11.8 Å². The molecule has 2 unspecified atom stereocenters. The lowest BCUT2D eigenvalue weighted by Gasteiger charge is -2.12. The smallest absolute Gasteiger partial charge is 0.220 e. The van der Waals surface area contributed by atoms with Gasteiger partial charge in [-0.25, -0.2) is 0 Å². The average molecular weight is 242 g/mol. The molecule has 0 bridgehead atoms. The van der Waals surface area contributed by atoms with Crippen molar-refractivity contribution in [2.75, 3.05) is 0 Å². The van der Waals surface area contributed by atoms with Crippen molar-refractivity contribution < 1.29 is 9.59 Å². The summed E-state index contributed by atoms with van der Waals surface area (Å²) in [4.78, 5) is 22.9. The van der Waals surface area contributed by atoms with E-state index in [2.05, 4.69) is 10.6 Å². The second-order valence-electron chi connectivity index (χ2n) is 4.61. The van der Waals surface area contributed by atoms with Gasteiger partial charge in [-0.3, -0.25) is 9.59 Å². The van der Waals surface area contributed by atoms with E-state index in [1.807, 2.05) is 27.7 Å². The van der Waals surface area contributed by atoms with Crippen LogP contribution in [-0.4, -0.2) is 23.9 Å². The average Bonchev–Trinajstić information content (AvgIpc) is 2.28. The van der Waals surface area contributed by atoms with Gasteiger partial charge in [0.05, 0.1) is 0 Å². The van der Waals surface area contributed by atoms with Gasteiger partial charge in [0.2, 0.25) is 11.8 Å². The van der Waals surface area contributed by atoms with Gasteiger partial charge in [0.1, 0.15) is 0 Å². The third kappa shape index (κ3) is 8.72. The van der Waals surface area contributed by atoms with E-state index in [4.69, 9.17) is 0 Å². The van der Waals surface area contributed by atoms with E-state index >= 15 is 0 Å². The first-order valence-electron chi connectivity index (χ1n) is 6.58. The molecule has 2 amide bonds. The van der Waals surface area contributed by atoms with E-state index in [-0.39, 0.29) is 23.9 Å². The van der Waals surface area contributed by atoms with Gasteiger partial charge in [-0.15, -0.1) is 0 Å². The minimum atomic E-state index is 0.0377. The highest BCUT2D eigenvalue weighted by Crippen LogP contribution is 1.98. The van der Waals surface area contributed by atoms with Crippen LogP contribution in [0.15, 0.2) is 0 Å². The molecule has 0 radical (unpaired) electrons. The first-order chi connectivity index (χ1) is 7.99. The Kier molecular flexibility index (Phi) is 8.46. The maximum atomic E-state index is 11.4. The normalized spacial score (nSPS) is 13.9. The van der Waals surface area contributed by atoms with Crippen molar-refractivity contribution in [1.29, 1.82) is 0 Å². The molecule has 2 atom stereocenters. The van der Waals surface area contributed by atoms with Crippen LogP contribution >= 0.6 is 0 Å². The van der Waals surface area contributed by atoms with Crippen molar-refractivity contribution in [3.8, 4) is 0 Å². The third-order valence-corrected chi connectivity index (χ3v) is 2.85. The van der Waals surface area contributed by atoms with Crippen LogP contribution in [0.2, 0.25) is 0 Å². The summed E-state index contributed by atoms with van der Waals surface area (Å²) < 4.78 is 0. The fourth-order valence-electron chi connectivity index (χ4n) is 1.31. The quantitative estimate of drug-likeness (QED) is 0.684. The zero-order valence-electron chi connectivity index (χ0n) is 11.5. The molecule has 0 aliphatic carbocycles. The number of rotatable bonds is 8. The van der Waals surface area contributed by atoms with Gasteiger partial charge in [-0.05, 0) is 33.1 Å². The van der Waals surface area contributed by atoms with E-state index in [9.17, 15) is 9.59 Å². The van der Waals surface area contributed by atoms with Gasteiger partial charge < -0.3 is 10.6 Å². The molecule has 17 heavy (non-hydrogen) atoms. The lowest BCUT2D eigenvalue weighted by atomic mass is 10.2. The van der Waals surface area contributed by atoms with Crippen LogP contribution in [0.1, 0.15) is 59.8 Å². The molecule has 0 fully saturated rings. The fourth-order valence-corrected chi connectivity index (χ4v) is 1.31. The minimum absolute atomic E-state index is 0.0377.